The van der Waals surface area contributed by atoms with Crippen molar-refractivity contribution in [3.8, 4) is 0 Å². The zero-order chi connectivity index (χ0) is 15.2. The summed E-state index contributed by atoms with van der Waals surface area (Å²) < 4.78 is 13.3. The van der Waals surface area contributed by atoms with Crippen molar-refractivity contribution in [1.29, 1.82) is 0 Å². The van der Waals surface area contributed by atoms with Crippen LogP contribution in [0.1, 0.15) is 6.92 Å². The first kappa shape index (κ1) is 15.4. The van der Waals surface area contributed by atoms with Gasteiger partial charge in [-0.3, -0.25) is 9.59 Å². The number of hydrogen-bond donors (Lipinski definition) is 2. The lowest BCUT2D eigenvalue weighted by atomic mass is 10.3. The van der Waals surface area contributed by atoms with Gasteiger partial charge in [0.2, 0.25) is 16.9 Å². The maximum atomic E-state index is 12.7. The number of hydrogen-bond acceptors (Lipinski definition) is 6. The molecule has 21 heavy (non-hydrogen) atoms. The Hall–Kier alpha value is -2.00. The van der Waals surface area contributed by atoms with E-state index in [1.807, 2.05) is 0 Å². The standard InChI is InChI=1S/C12H11FN4O2S2/c1-7(18)14-11-16-17-12(21-11)20-6-10(19)15-9-4-2-8(13)3-5-9/h2-5H,6H2,1H3,(H,15,19)(H,14,16,18). The van der Waals surface area contributed by atoms with E-state index in [1.165, 1.54) is 54.3 Å². The maximum Gasteiger partial charge on any atom is 0.234 e. The van der Waals surface area contributed by atoms with E-state index in [9.17, 15) is 14.0 Å². The molecule has 1 aromatic carbocycles. The number of nitrogens with zero attached hydrogens (tertiary/aromatic N) is 2. The highest BCUT2D eigenvalue weighted by molar-refractivity contribution is 8.01. The van der Waals surface area contributed by atoms with E-state index in [1.54, 1.807) is 0 Å². The van der Waals surface area contributed by atoms with Crippen LogP contribution in [-0.4, -0.2) is 27.8 Å². The molecule has 2 aromatic rings. The molecule has 0 aliphatic carbocycles. The van der Waals surface area contributed by atoms with Gasteiger partial charge in [0, 0.05) is 12.6 Å². The summed E-state index contributed by atoms with van der Waals surface area (Å²) in [6.07, 6.45) is 0. The molecule has 0 radical (unpaired) electrons. The number of anilines is 2. The van der Waals surface area contributed by atoms with Gasteiger partial charge in [-0.1, -0.05) is 23.1 Å². The second-order valence-electron chi connectivity index (χ2n) is 3.90. The smallest absolute Gasteiger partial charge is 0.234 e. The average molecular weight is 326 g/mol. The van der Waals surface area contributed by atoms with Gasteiger partial charge in [0.1, 0.15) is 5.82 Å². The van der Waals surface area contributed by atoms with Crippen molar-refractivity contribution >= 4 is 45.7 Å². The van der Waals surface area contributed by atoms with E-state index in [4.69, 9.17) is 0 Å². The molecular weight excluding hydrogens is 315 g/mol. The zero-order valence-electron chi connectivity index (χ0n) is 10.9. The van der Waals surface area contributed by atoms with E-state index in [-0.39, 0.29) is 23.4 Å². The van der Waals surface area contributed by atoms with Gasteiger partial charge in [0.05, 0.1) is 5.75 Å². The van der Waals surface area contributed by atoms with Gasteiger partial charge in [0.25, 0.3) is 0 Å². The van der Waals surface area contributed by atoms with E-state index in [2.05, 4.69) is 20.8 Å². The third-order valence-corrected chi connectivity index (χ3v) is 4.12. The molecule has 110 valence electrons. The fraction of sp³-hybridized carbons (Fsp3) is 0.167. The SMILES string of the molecule is CC(=O)Nc1nnc(SCC(=O)Nc2ccc(F)cc2)s1. The maximum absolute atomic E-state index is 12.7. The van der Waals surface area contributed by atoms with Crippen LogP contribution in [0.25, 0.3) is 0 Å². The Morgan fingerprint density at radius 2 is 1.95 bits per heavy atom. The van der Waals surface area contributed by atoms with Gasteiger partial charge >= 0.3 is 0 Å². The lowest BCUT2D eigenvalue weighted by Crippen LogP contribution is -2.13. The van der Waals surface area contributed by atoms with E-state index in [0.717, 1.165) is 0 Å². The first-order valence-corrected chi connectivity index (χ1v) is 7.62. The van der Waals surface area contributed by atoms with Crippen LogP contribution in [0.2, 0.25) is 0 Å². The topological polar surface area (TPSA) is 84.0 Å². The minimum absolute atomic E-state index is 0.145. The quantitative estimate of drug-likeness (QED) is 0.651. The molecule has 2 amide bonds. The summed E-state index contributed by atoms with van der Waals surface area (Å²) in [7, 11) is 0. The molecule has 0 fully saturated rings. The van der Waals surface area contributed by atoms with Crippen LogP contribution < -0.4 is 10.6 Å². The monoisotopic (exact) mass is 326 g/mol. The number of halogens is 1. The van der Waals surface area contributed by atoms with Gasteiger partial charge < -0.3 is 10.6 Å². The molecule has 0 aliphatic rings. The lowest BCUT2D eigenvalue weighted by molar-refractivity contribution is -0.114. The average Bonchev–Trinajstić information content (AvgIpc) is 2.86. The Bertz CT molecular complexity index is 645. The Labute approximate surface area is 128 Å². The van der Waals surface area contributed by atoms with Crippen molar-refractivity contribution in [2.24, 2.45) is 0 Å². The van der Waals surface area contributed by atoms with Gasteiger partial charge in [-0.05, 0) is 24.3 Å². The number of aromatic nitrogens is 2. The Kier molecular flexibility index (Phi) is 5.23. The number of benzene rings is 1. The normalized spacial score (nSPS) is 10.2. The van der Waals surface area contributed by atoms with Crippen LogP contribution in [0.15, 0.2) is 28.6 Å². The molecule has 2 rings (SSSR count). The molecule has 0 saturated carbocycles. The molecule has 9 heteroatoms. The summed E-state index contributed by atoms with van der Waals surface area (Å²) in [5, 5.41) is 13.2. The number of nitrogens with one attached hydrogen (secondary N) is 2. The van der Waals surface area contributed by atoms with E-state index in [0.29, 0.717) is 15.2 Å². The molecule has 0 unspecified atom stereocenters. The number of carbonyl (C=O) groups excluding carboxylic acids is 2. The van der Waals surface area contributed by atoms with Gasteiger partial charge in [-0.2, -0.15) is 0 Å². The highest BCUT2D eigenvalue weighted by Crippen LogP contribution is 2.25. The summed E-state index contributed by atoms with van der Waals surface area (Å²) in [5.74, 6) is -0.673. The fourth-order valence-corrected chi connectivity index (χ4v) is 2.92. The van der Waals surface area contributed by atoms with Crippen molar-refractivity contribution in [1.82, 2.24) is 10.2 Å². The molecule has 0 atom stereocenters. The van der Waals surface area contributed by atoms with Crippen LogP contribution in [0.4, 0.5) is 15.2 Å². The van der Waals surface area contributed by atoms with Gasteiger partial charge in [-0.15, -0.1) is 10.2 Å². The van der Waals surface area contributed by atoms with Gasteiger partial charge in [0.15, 0.2) is 4.34 Å². The molecule has 6 nitrogen and oxygen atoms in total. The summed E-state index contributed by atoms with van der Waals surface area (Å²) in [6.45, 7) is 1.38. The van der Waals surface area contributed by atoms with Crippen LogP contribution in [0, 0.1) is 5.82 Å². The molecule has 1 aromatic heterocycles. The van der Waals surface area contributed by atoms with Crippen LogP contribution in [0.3, 0.4) is 0 Å². The highest BCUT2D eigenvalue weighted by atomic mass is 32.2. The third-order valence-electron chi connectivity index (χ3n) is 2.14. The fourth-order valence-electron chi connectivity index (χ4n) is 1.33. The number of amides is 2. The highest BCUT2D eigenvalue weighted by Gasteiger charge is 2.09. The number of thioether (sulfide) groups is 1. The second kappa shape index (κ2) is 7.14. The minimum Gasteiger partial charge on any atom is -0.325 e. The van der Waals surface area contributed by atoms with Crippen LogP contribution in [-0.2, 0) is 9.59 Å². The molecule has 0 spiro atoms. The van der Waals surface area contributed by atoms with Crippen molar-refractivity contribution in [2.45, 2.75) is 11.3 Å². The van der Waals surface area contributed by atoms with E-state index < -0.39 is 0 Å². The first-order chi connectivity index (χ1) is 10.0. The molecule has 0 aliphatic heterocycles. The van der Waals surface area contributed by atoms with Crippen molar-refractivity contribution in [2.75, 3.05) is 16.4 Å². The summed E-state index contributed by atoms with van der Waals surface area (Å²) in [6, 6.07) is 5.51. The summed E-state index contributed by atoms with van der Waals surface area (Å²) in [5.41, 5.74) is 0.526. The van der Waals surface area contributed by atoms with Crippen LogP contribution in [0.5, 0.6) is 0 Å². The molecule has 1 heterocycles. The zero-order valence-corrected chi connectivity index (χ0v) is 12.6. The molecule has 2 N–H and O–H groups in total. The largest absolute Gasteiger partial charge is 0.325 e. The molecule has 0 saturated heterocycles. The number of carbonyl (C=O) groups is 2. The Morgan fingerprint density at radius 3 is 2.62 bits per heavy atom. The Balaban J connectivity index is 1.82. The van der Waals surface area contributed by atoms with Gasteiger partial charge in [-0.25, -0.2) is 4.39 Å². The minimum atomic E-state index is -0.360. The molecular formula is C12H11FN4O2S2. The Morgan fingerprint density at radius 1 is 1.24 bits per heavy atom. The van der Waals surface area contributed by atoms with Crippen molar-refractivity contribution in [3.63, 3.8) is 0 Å². The van der Waals surface area contributed by atoms with Crippen molar-refractivity contribution < 1.29 is 14.0 Å². The third kappa shape index (κ3) is 5.12. The summed E-state index contributed by atoms with van der Waals surface area (Å²) >= 11 is 2.40. The first-order valence-electron chi connectivity index (χ1n) is 5.82. The predicted octanol–water partition coefficient (Wildman–Crippen LogP) is 2.37. The van der Waals surface area contributed by atoms with Crippen LogP contribution >= 0.6 is 23.1 Å². The lowest BCUT2D eigenvalue weighted by Gasteiger charge is -2.03. The van der Waals surface area contributed by atoms with E-state index >= 15 is 0 Å². The number of rotatable bonds is 5. The molecule has 0 bridgehead atoms. The predicted molar refractivity (Wildman–Crippen MR) is 80.0 cm³/mol. The van der Waals surface area contributed by atoms with Crippen molar-refractivity contribution in [3.05, 3.63) is 30.1 Å². The summed E-state index contributed by atoms with van der Waals surface area (Å²) in [4.78, 5) is 22.6. The second-order valence-corrected chi connectivity index (χ2v) is 6.10.